The summed E-state index contributed by atoms with van der Waals surface area (Å²) >= 11 is 0. The van der Waals surface area contributed by atoms with Gasteiger partial charge in [-0.1, -0.05) is 6.92 Å². The Kier molecular flexibility index (Phi) is 5.86. The van der Waals surface area contributed by atoms with Crippen molar-refractivity contribution in [2.75, 3.05) is 50.7 Å². The number of amides is 1. The molecule has 2 aliphatic rings. The van der Waals surface area contributed by atoms with Gasteiger partial charge in [0.2, 0.25) is 11.9 Å². The number of anilines is 1. The van der Waals surface area contributed by atoms with E-state index in [-0.39, 0.29) is 11.8 Å². The Morgan fingerprint density at radius 2 is 1.90 bits per heavy atom. The Labute approximate surface area is 173 Å². The lowest BCUT2D eigenvalue weighted by molar-refractivity contribution is -0.138. The minimum absolute atomic E-state index is 0.139. The third-order valence-corrected chi connectivity index (χ3v) is 5.99. The number of alkyl halides is 3. The fourth-order valence-corrected chi connectivity index (χ4v) is 4.39. The van der Waals surface area contributed by atoms with Crippen LogP contribution in [0.15, 0.2) is 18.3 Å². The van der Waals surface area contributed by atoms with Crippen molar-refractivity contribution in [3.8, 4) is 0 Å². The van der Waals surface area contributed by atoms with Crippen molar-refractivity contribution in [1.29, 1.82) is 0 Å². The van der Waals surface area contributed by atoms with Gasteiger partial charge in [0.05, 0.1) is 11.5 Å². The first-order valence-corrected chi connectivity index (χ1v) is 10.5. The molecule has 0 aromatic carbocycles. The molecule has 10 heteroatoms. The average molecular weight is 424 g/mol. The molecule has 0 spiro atoms. The molecule has 1 atom stereocenters. The maximum Gasteiger partial charge on any atom is 0.417 e. The number of hydrogen-bond acceptors (Lipinski definition) is 5. The summed E-state index contributed by atoms with van der Waals surface area (Å²) in [6.07, 6.45) is -0.720. The standard InChI is InChI=1S/C20H27F3N6O/c1-2-7-26-9-11-27(12-10-26)18(30)15-4-3-8-28(13-15)19-25-24-17-6-5-16(14-29(17)19)20(21,22)23/h5-6,14-15H,2-4,7-13H2,1H3/t15-/m0/s1. The van der Waals surface area contributed by atoms with Crippen molar-refractivity contribution in [3.05, 3.63) is 23.9 Å². The highest BCUT2D eigenvalue weighted by atomic mass is 19.4. The lowest BCUT2D eigenvalue weighted by Gasteiger charge is -2.39. The molecule has 2 saturated heterocycles. The van der Waals surface area contributed by atoms with E-state index in [1.54, 1.807) is 0 Å². The number of fused-ring (bicyclic) bond motifs is 1. The molecule has 0 aliphatic carbocycles. The Bertz CT molecular complexity index is 890. The second-order valence-corrected chi connectivity index (χ2v) is 8.10. The van der Waals surface area contributed by atoms with Crippen LogP contribution < -0.4 is 4.90 Å². The number of pyridine rings is 1. The van der Waals surface area contributed by atoms with Gasteiger partial charge >= 0.3 is 6.18 Å². The van der Waals surface area contributed by atoms with E-state index in [4.69, 9.17) is 0 Å². The molecule has 2 aromatic heterocycles. The number of nitrogens with zero attached hydrogens (tertiary/aromatic N) is 6. The van der Waals surface area contributed by atoms with Gasteiger partial charge in [-0.05, 0) is 37.9 Å². The van der Waals surface area contributed by atoms with Gasteiger partial charge in [0.15, 0.2) is 5.65 Å². The minimum Gasteiger partial charge on any atom is -0.340 e. The van der Waals surface area contributed by atoms with E-state index in [0.717, 1.165) is 64.2 Å². The first-order valence-electron chi connectivity index (χ1n) is 10.5. The predicted molar refractivity (Wildman–Crippen MR) is 106 cm³/mol. The second kappa shape index (κ2) is 8.41. The fourth-order valence-electron chi connectivity index (χ4n) is 4.39. The molecule has 30 heavy (non-hydrogen) atoms. The maximum absolute atomic E-state index is 13.1. The molecule has 0 N–H and O–H groups in total. The normalized spacial score (nSPS) is 21.4. The van der Waals surface area contributed by atoms with E-state index in [1.165, 1.54) is 10.5 Å². The maximum atomic E-state index is 13.1. The molecule has 2 aromatic rings. The molecular weight excluding hydrogens is 397 g/mol. The number of rotatable bonds is 4. The van der Waals surface area contributed by atoms with Crippen molar-refractivity contribution >= 4 is 17.5 Å². The third kappa shape index (κ3) is 4.23. The van der Waals surface area contributed by atoms with Gasteiger partial charge in [-0.2, -0.15) is 13.2 Å². The van der Waals surface area contributed by atoms with Crippen LogP contribution in [0.5, 0.6) is 0 Å². The highest BCUT2D eigenvalue weighted by molar-refractivity contribution is 5.80. The summed E-state index contributed by atoms with van der Waals surface area (Å²) in [5, 5.41) is 8.12. The van der Waals surface area contributed by atoms with E-state index in [2.05, 4.69) is 22.0 Å². The Hall–Kier alpha value is -2.36. The minimum atomic E-state index is -4.43. The lowest BCUT2D eigenvalue weighted by Crippen LogP contribution is -2.52. The van der Waals surface area contributed by atoms with E-state index in [9.17, 15) is 18.0 Å². The summed E-state index contributed by atoms with van der Waals surface area (Å²) in [4.78, 5) is 19.3. The van der Waals surface area contributed by atoms with Crippen LogP contribution in [0.2, 0.25) is 0 Å². The summed E-state index contributed by atoms with van der Waals surface area (Å²) in [5.41, 5.74) is -0.385. The number of hydrogen-bond donors (Lipinski definition) is 0. The predicted octanol–water partition coefficient (Wildman–Crippen LogP) is 2.52. The largest absolute Gasteiger partial charge is 0.417 e. The van der Waals surface area contributed by atoms with Crippen LogP contribution in [0.3, 0.4) is 0 Å². The molecular formula is C20H27F3N6O. The number of piperidine rings is 1. The summed E-state index contributed by atoms with van der Waals surface area (Å²) in [6.45, 7) is 7.56. The monoisotopic (exact) mass is 424 g/mol. The summed E-state index contributed by atoms with van der Waals surface area (Å²) in [7, 11) is 0. The molecule has 0 saturated carbocycles. The van der Waals surface area contributed by atoms with Crippen LogP contribution in [-0.2, 0) is 11.0 Å². The first kappa shape index (κ1) is 20.9. The molecule has 0 bridgehead atoms. The van der Waals surface area contributed by atoms with Crippen LogP contribution in [0.4, 0.5) is 19.1 Å². The van der Waals surface area contributed by atoms with Crippen molar-refractivity contribution in [2.45, 2.75) is 32.4 Å². The van der Waals surface area contributed by atoms with Crippen LogP contribution in [0.25, 0.3) is 5.65 Å². The SMILES string of the molecule is CCCN1CCN(C(=O)[C@H]2CCCN(c3nnc4ccc(C(F)(F)F)cn34)C2)CC1. The number of carbonyl (C=O) groups is 1. The molecule has 2 aliphatic heterocycles. The van der Waals surface area contributed by atoms with Crippen molar-refractivity contribution in [2.24, 2.45) is 5.92 Å². The zero-order valence-electron chi connectivity index (χ0n) is 17.1. The molecule has 0 unspecified atom stereocenters. The van der Waals surface area contributed by atoms with E-state index >= 15 is 0 Å². The van der Waals surface area contributed by atoms with Gasteiger partial charge in [0.25, 0.3) is 0 Å². The number of aromatic nitrogens is 3. The van der Waals surface area contributed by atoms with Gasteiger partial charge in [0, 0.05) is 45.5 Å². The molecule has 2 fully saturated rings. The zero-order valence-corrected chi connectivity index (χ0v) is 17.1. The Balaban J connectivity index is 1.47. The van der Waals surface area contributed by atoms with Crippen LogP contribution >= 0.6 is 0 Å². The van der Waals surface area contributed by atoms with Crippen molar-refractivity contribution in [1.82, 2.24) is 24.4 Å². The van der Waals surface area contributed by atoms with Gasteiger partial charge < -0.3 is 9.80 Å². The van der Waals surface area contributed by atoms with Crippen molar-refractivity contribution in [3.63, 3.8) is 0 Å². The summed E-state index contributed by atoms with van der Waals surface area (Å²) in [5.74, 6) is 0.330. The third-order valence-electron chi connectivity index (χ3n) is 5.99. The van der Waals surface area contributed by atoms with Gasteiger partial charge in [-0.25, -0.2) is 0 Å². The van der Waals surface area contributed by atoms with Crippen LogP contribution in [0.1, 0.15) is 31.7 Å². The van der Waals surface area contributed by atoms with E-state index in [0.29, 0.717) is 24.7 Å². The highest BCUT2D eigenvalue weighted by Crippen LogP contribution is 2.31. The summed E-state index contributed by atoms with van der Waals surface area (Å²) < 4.78 is 40.7. The second-order valence-electron chi connectivity index (χ2n) is 8.10. The molecule has 4 heterocycles. The van der Waals surface area contributed by atoms with E-state index < -0.39 is 11.7 Å². The number of piperazine rings is 1. The van der Waals surface area contributed by atoms with Gasteiger partial charge in [-0.3, -0.25) is 14.1 Å². The Morgan fingerprint density at radius 3 is 2.60 bits per heavy atom. The quantitative estimate of drug-likeness (QED) is 0.755. The van der Waals surface area contributed by atoms with Crippen molar-refractivity contribution < 1.29 is 18.0 Å². The van der Waals surface area contributed by atoms with E-state index in [1.807, 2.05) is 9.80 Å². The Morgan fingerprint density at radius 1 is 1.13 bits per heavy atom. The molecule has 7 nitrogen and oxygen atoms in total. The fraction of sp³-hybridized carbons (Fsp3) is 0.650. The number of halogens is 3. The summed E-state index contributed by atoms with van der Waals surface area (Å²) in [6, 6.07) is 2.33. The first-order chi connectivity index (χ1) is 14.4. The smallest absolute Gasteiger partial charge is 0.340 e. The van der Waals surface area contributed by atoms with Crippen LogP contribution in [0, 0.1) is 5.92 Å². The highest BCUT2D eigenvalue weighted by Gasteiger charge is 2.34. The van der Waals surface area contributed by atoms with Crippen LogP contribution in [-0.4, -0.2) is 76.1 Å². The lowest BCUT2D eigenvalue weighted by atomic mass is 9.96. The topological polar surface area (TPSA) is 57.0 Å². The molecule has 1 amide bonds. The molecule has 0 radical (unpaired) electrons. The zero-order chi connectivity index (χ0) is 21.3. The van der Waals surface area contributed by atoms with Gasteiger partial charge in [0.1, 0.15) is 0 Å². The molecule has 4 rings (SSSR count). The molecule has 164 valence electrons. The van der Waals surface area contributed by atoms with Gasteiger partial charge in [-0.15, -0.1) is 10.2 Å². The number of carbonyl (C=O) groups excluding carboxylic acids is 1. The average Bonchev–Trinajstić information content (AvgIpc) is 3.17.